The molecule has 0 radical (unpaired) electrons. The van der Waals surface area contributed by atoms with Gasteiger partial charge in [0.2, 0.25) is 5.91 Å². The zero-order valence-corrected chi connectivity index (χ0v) is 13.2. The maximum atomic E-state index is 12.2. The number of amides is 1. The summed E-state index contributed by atoms with van der Waals surface area (Å²) in [4.78, 5) is 12.0. The number of alkyl halides is 2. The minimum atomic E-state index is -2.89. The van der Waals surface area contributed by atoms with Gasteiger partial charge in [0.1, 0.15) is 5.75 Å². The second-order valence-electron chi connectivity index (χ2n) is 5.62. The van der Waals surface area contributed by atoms with Gasteiger partial charge in [0.15, 0.2) is 0 Å². The first kappa shape index (κ1) is 17.9. The molecule has 2 aromatic rings. The third kappa shape index (κ3) is 5.31. The van der Waals surface area contributed by atoms with E-state index in [1.54, 1.807) is 43.3 Å². The molecule has 0 heterocycles. The van der Waals surface area contributed by atoms with Gasteiger partial charge in [0.05, 0.1) is 12.0 Å². The van der Waals surface area contributed by atoms with Crippen LogP contribution < -0.4 is 10.1 Å². The van der Waals surface area contributed by atoms with Crippen molar-refractivity contribution in [1.29, 1.82) is 0 Å². The second kappa shape index (κ2) is 7.88. The Morgan fingerprint density at radius 1 is 1.21 bits per heavy atom. The number of aliphatic hydroxyl groups is 1. The van der Waals surface area contributed by atoms with Crippen LogP contribution in [-0.2, 0) is 16.9 Å². The molecular weight excluding hydrogens is 316 g/mol. The fourth-order valence-electron chi connectivity index (χ4n) is 2.31. The van der Waals surface area contributed by atoms with Crippen molar-refractivity contribution in [3.8, 4) is 5.75 Å². The van der Waals surface area contributed by atoms with Gasteiger partial charge in [-0.3, -0.25) is 4.79 Å². The van der Waals surface area contributed by atoms with Crippen molar-refractivity contribution in [2.24, 2.45) is 0 Å². The van der Waals surface area contributed by atoms with Gasteiger partial charge in [-0.1, -0.05) is 42.5 Å². The minimum Gasteiger partial charge on any atom is -0.435 e. The van der Waals surface area contributed by atoms with Crippen LogP contribution in [0.4, 0.5) is 8.78 Å². The van der Waals surface area contributed by atoms with E-state index in [9.17, 15) is 18.7 Å². The lowest BCUT2D eigenvalue weighted by Gasteiger charge is -2.23. The van der Waals surface area contributed by atoms with Gasteiger partial charge in [0, 0.05) is 6.54 Å². The largest absolute Gasteiger partial charge is 0.435 e. The van der Waals surface area contributed by atoms with Gasteiger partial charge in [0.25, 0.3) is 0 Å². The predicted molar refractivity (Wildman–Crippen MR) is 85.6 cm³/mol. The van der Waals surface area contributed by atoms with E-state index in [-0.39, 0.29) is 24.6 Å². The van der Waals surface area contributed by atoms with E-state index in [0.29, 0.717) is 11.1 Å². The van der Waals surface area contributed by atoms with Gasteiger partial charge >= 0.3 is 6.61 Å². The average molecular weight is 335 g/mol. The molecule has 4 nitrogen and oxygen atoms in total. The summed E-state index contributed by atoms with van der Waals surface area (Å²) in [6.45, 7) is -1.17. The number of ether oxygens (including phenoxy) is 1. The lowest BCUT2D eigenvalue weighted by Crippen LogP contribution is -2.32. The van der Waals surface area contributed by atoms with Crippen LogP contribution >= 0.6 is 0 Å². The Morgan fingerprint density at radius 3 is 2.58 bits per heavy atom. The molecule has 0 saturated heterocycles. The van der Waals surface area contributed by atoms with E-state index in [1.165, 1.54) is 12.1 Å². The molecule has 2 N–H and O–H groups in total. The number of benzene rings is 2. The van der Waals surface area contributed by atoms with Crippen molar-refractivity contribution in [3.05, 3.63) is 65.7 Å². The van der Waals surface area contributed by atoms with Crippen LogP contribution in [0.15, 0.2) is 54.6 Å². The van der Waals surface area contributed by atoms with Crippen molar-refractivity contribution in [2.45, 2.75) is 32.1 Å². The van der Waals surface area contributed by atoms with E-state index in [2.05, 4.69) is 10.1 Å². The Morgan fingerprint density at radius 2 is 1.92 bits per heavy atom. The highest BCUT2D eigenvalue weighted by Crippen LogP contribution is 2.24. The summed E-state index contributed by atoms with van der Waals surface area (Å²) in [5.74, 6) is -0.308. The van der Waals surface area contributed by atoms with Crippen molar-refractivity contribution in [1.82, 2.24) is 5.32 Å². The normalized spacial score (nSPS) is 13.4. The topological polar surface area (TPSA) is 58.6 Å². The molecule has 1 atom stereocenters. The molecule has 0 spiro atoms. The summed E-state index contributed by atoms with van der Waals surface area (Å²) >= 11 is 0. The number of hydrogen-bond acceptors (Lipinski definition) is 3. The fourth-order valence-corrected chi connectivity index (χ4v) is 2.31. The van der Waals surface area contributed by atoms with Crippen LogP contribution in [-0.4, -0.2) is 17.6 Å². The van der Waals surface area contributed by atoms with E-state index in [4.69, 9.17) is 0 Å². The molecule has 0 aromatic heterocycles. The van der Waals surface area contributed by atoms with E-state index < -0.39 is 12.2 Å². The first-order chi connectivity index (χ1) is 11.4. The number of nitrogens with one attached hydrogen (secondary N) is 1. The zero-order valence-electron chi connectivity index (χ0n) is 13.2. The molecule has 0 aliphatic rings. The van der Waals surface area contributed by atoms with Crippen LogP contribution in [0.3, 0.4) is 0 Å². The first-order valence-corrected chi connectivity index (χ1v) is 7.45. The van der Waals surface area contributed by atoms with Crippen LogP contribution in [0.25, 0.3) is 0 Å². The highest BCUT2D eigenvalue weighted by molar-refractivity contribution is 5.77. The van der Waals surface area contributed by atoms with Crippen LogP contribution in [0.1, 0.15) is 24.5 Å². The Bertz CT molecular complexity index is 675. The van der Waals surface area contributed by atoms with E-state index in [0.717, 1.165) is 0 Å². The average Bonchev–Trinajstić information content (AvgIpc) is 2.53. The molecule has 6 heteroatoms. The molecule has 2 aromatic carbocycles. The Kier molecular flexibility index (Phi) is 5.87. The summed E-state index contributed by atoms with van der Waals surface area (Å²) in [5.41, 5.74) is -0.0141. The van der Waals surface area contributed by atoms with Crippen molar-refractivity contribution in [3.63, 3.8) is 0 Å². The molecule has 0 saturated carbocycles. The highest BCUT2D eigenvalue weighted by atomic mass is 19.3. The van der Waals surface area contributed by atoms with Crippen molar-refractivity contribution in [2.75, 3.05) is 0 Å². The monoisotopic (exact) mass is 335 g/mol. The van der Waals surface area contributed by atoms with Gasteiger partial charge in [-0.25, -0.2) is 0 Å². The van der Waals surface area contributed by atoms with Crippen molar-refractivity contribution >= 4 is 5.91 Å². The summed E-state index contributed by atoms with van der Waals surface area (Å²) in [6.07, 6.45) is -0.107. The minimum absolute atomic E-state index is 0.0352. The summed E-state index contributed by atoms with van der Waals surface area (Å²) in [6, 6.07) is 15.0. The van der Waals surface area contributed by atoms with E-state index >= 15 is 0 Å². The number of rotatable bonds is 7. The Labute approximate surface area is 139 Å². The van der Waals surface area contributed by atoms with Gasteiger partial charge in [-0.15, -0.1) is 0 Å². The Hall–Kier alpha value is -2.47. The fraction of sp³-hybridized carbons (Fsp3) is 0.278. The third-order valence-corrected chi connectivity index (χ3v) is 3.51. The molecule has 1 unspecified atom stereocenters. The number of hydrogen-bond donors (Lipinski definition) is 2. The molecule has 0 aliphatic carbocycles. The summed E-state index contributed by atoms with van der Waals surface area (Å²) < 4.78 is 28.7. The first-order valence-electron chi connectivity index (χ1n) is 7.45. The number of carbonyl (C=O) groups excluding carboxylic acids is 1. The standard InChI is InChI=1S/C18H19F2NO3/c1-18(23,14-7-3-2-4-8-14)11-16(22)21-12-13-6-5-9-15(10-13)24-17(19)20/h2-10,17,23H,11-12H2,1H3,(H,21,22). The maximum Gasteiger partial charge on any atom is 0.387 e. The predicted octanol–water partition coefficient (Wildman–Crippen LogP) is 3.20. The van der Waals surface area contributed by atoms with Crippen LogP contribution in [0.5, 0.6) is 5.75 Å². The molecule has 0 bridgehead atoms. The lowest BCUT2D eigenvalue weighted by molar-refractivity contribution is -0.126. The quantitative estimate of drug-likeness (QED) is 0.817. The van der Waals surface area contributed by atoms with Crippen LogP contribution in [0.2, 0.25) is 0 Å². The molecular formula is C18H19F2NO3. The van der Waals surface area contributed by atoms with Crippen molar-refractivity contribution < 1.29 is 23.4 Å². The summed E-state index contributed by atoms with van der Waals surface area (Å²) in [7, 11) is 0. The van der Waals surface area contributed by atoms with Gasteiger partial charge < -0.3 is 15.2 Å². The third-order valence-electron chi connectivity index (χ3n) is 3.51. The number of halogens is 2. The second-order valence-corrected chi connectivity index (χ2v) is 5.62. The smallest absolute Gasteiger partial charge is 0.387 e. The van der Waals surface area contributed by atoms with Gasteiger partial charge in [-0.05, 0) is 30.2 Å². The molecule has 1 amide bonds. The number of carbonyl (C=O) groups is 1. The van der Waals surface area contributed by atoms with Gasteiger partial charge in [-0.2, -0.15) is 8.78 Å². The zero-order chi connectivity index (χ0) is 17.6. The SMILES string of the molecule is CC(O)(CC(=O)NCc1cccc(OC(F)F)c1)c1ccccc1. The molecule has 0 aliphatic heterocycles. The summed E-state index contributed by atoms with van der Waals surface area (Å²) in [5, 5.41) is 13.1. The highest BCUT2D eigenvalue weighted by Gasteiger charge is 2.26. The molecule has 128 valence electrons. The van der Waals surface area contributed by atoms with Crippen LogP contribution in [0, 0.1) is 0 Å². The van der Waals surface area contributed by atoms with E-state index in [1.807, 2.05) is 6.07 Å². The lowest BCUT2D eigenvalue weighted by atomic mass is 9.92. The maximum absolute atomic E-state index is 12.2. The Balaban J connectivity index is 1.91. The molecule has 0 fully saturated rings. The molecule has 24 heavy (non-hydrogen) atoms. The molecule has 2 rings (SSSR count).